The number of quaternary nitrogens is 1. The summed E-state index contributed by atoms with van der Waals surface area (Å²) < 4.78 is 6.58. The maximum Gasteiger partial charge on any atom is 0.322 e. The van der Waals surface area contributed by atoms with Gasteiger partial charge in [0.15, 0.2) is 5.54 Å². The molecule has 3 N–H and O–H groups in total. The summed E-state index contributed by atoms with van der Waals surface area (Å²) in [5.74, 6) is 1.16. The van der Waals surface area contributed by atoms with E-state index in [2.05, 4.69) is 53.1 Å². The summed E-state index contributed by atoms with van der Waals surface area (Å²) in [7, 11) is 1.67. The third-order valence-electron chi connectivity index (χ3n) is 11.1. The fourth-order valence-electron chi connectivity index (χ4n) is 10.0. The van der Waals surface area contributed by atoms with Crippen molar-refractivity contribution in [3.05, 3.63) is 65.2 Å². The number of urea groups is 1. The maximum absolute atomic E-state index is 13.1. The summed E-state index contributed by atoms with van der Waals surface area (Å²) >= 11 is 0. The Morgan fingerprint density at radius 3 is 2.69 bits per heavy atom. The van der Waals surface area contributed by atoms with Crippen LogP contribution in [0.5, 0.6) is 5.75 Å². The van der Waals surface area contributed by atoms with Crippen LogP contribution in [0.4, 0.5) is 4.79 Å². The molecule has 7 heteroatoms. The Labute approximate surface area is 204 Å². The van der Waals surface area contributed by atoms with Crippen molar-refractivity contribution in [3.8, 4) is 5.75 Å². The molecule has 2 aromatic rings. The van der Waals surface area contributed by atoms with Gasteiger partial charge >= 0.3 is 6.03 Å². The average Bonchev–Trinajstić information content (AvgIpc) is 3.30. The van der Waals surface area contributed by atoms with E-state index in [0.29, 0.717) is 25.2 Å². The van der Waals surface area contributed by atoms with Crippen LogP contribution in [0, 0.1) is 11.8 Å². The van der Waals surface area contributed by atoms with Crippen molar-refractivity contribution in [2.45, 2.75) is 54.3 Å². The molecule has 3 aliphatic carbocycles. The van der Waals surface area contributed by atoms with E-state index in [0.717, 1.165) is 41.9 Å². The second kappa shape index (κ2) is 5.90. The van der Waals surface area contributed by atoms with Crippen LogP contribution >= 0.6 is 0 Å². The maximum atomic E-state index is 13.1. The molecule has 3 spiro atoms. The number of nitrogens with one attached hydrogen (secondary N) is 2. The van der Waals surface area contributed by atoms with Crippen molar-refractivity contribution >= 4 is 11.9 Å². The minimum absolute atomic E-state index is 0.208. The van der Waals surface area contributed by atoms with Crippen molar-refractivity contribution in [2.75, 3.05) is 20.2 Å². The zero-order valence-electron chi connectivity index (χ0n) is 19.8. The first kappa shape index (κ1) is 20.3. The normalized spacial score (nSPS) is 45.4. The molecule has 4 unspecified atom stereocenters. The quantitative estimate of drug-likeness (QED) is 0.362. The Balaban J connectivity index is 1.32. The van der Waals surface area contributed by atoms with Gasteiger partial charge in [-0.2, -0.15) is 0 Å². The van der Waals surface area contributed by atoms with Crippen molar-refractivity contribution < 1.29 is 23.9 Å². The number of nitrogens with zero attached hydrogens (tertiary/aromatic N) is 1. The fraction of sp³-hybridized carbons (Fsp3) is 0.500. The molecule has 4 bridgehead atoms. The molecule has 3 saturated heterocycles. The molecule has 35 heavy (non-hydrogen) atoms. The number of rotatable bonds is 3. The van der Waals surface area contributed by atoms with Crippen LogP contribution in [0.3, 0.4) is 0 Å². The SMILES string of the molecule is COc1ccc2c(c1)[C@@]13C[C@]4(CC[C@@]1(O)C15C[N+]1(Cc1ccccc1)CC3C5C2)NC(=O)NC4=O. The van der Waals surface area contributed by atoms with Crippen LogP contribution in [0.25, 0.3) is 0 Å². The van der Waals surface area contributed by atoms with Gasteiger partial charge in [0.2, 0.25) is 0 Å². The van der Waals surface area contributed by atoms with E-state index in [1.54, 1.807) is 7.11 Å². The minimum Gasteiger partial charge on any atom is -0.497 e. The van der Waals surface area contributed by atoms with Crippen LogP contribution < -0.4 is 15.4 Å². The Bertz CT molecular complexity index is 1330. The third kappa shape index (κ3) is 1.99. The van der Waals surface area contributed by atoms with E-state index in [1.165, 1.54) is 11.1 Å². The molecule has 8 rings (SSSR count). The van der Waals surface area contributed by atoms with Gasteiger partial charge in [0.1, 0.15) is 30.0 Å². The number of carbonyl (C=O) groups excluding carboxylic acids is 2. The molecule has 5 fully saturated rings. The number of hydrogen-bond acceptors (Lipinski definition) is 4. The first-order chi connectivity index (χ1) is 16.8. The summed E-state index contributed by atoms with van der Waals surface area (Å²) in [6.45, 7) is 2.93. The van der Waals surface area contributed by atoms with E-state index in [-0.39, 0.29) is 17.4 Å². The fourth-order valence-corrected chi connectivity index (χ4v) is 10.0. The third-order valence-corrected chi connectivity index (χ3v) is 11.1. The summed E-state index contributed by atoms with van der Waals surface area (Å²) in [6, 6.07) is 16.5. The second-order valence-electron chi connectivity index (χ2n) is 12.0. The summed E-state index contributed by atoms with van der Waals surface area (Å²) in [4.78, 5) is 25.4. The number of benzene rings is 2. The van der Waals surface area contributed by atoms with E-state index in [1.807, 2.05) is 6.07 Å². The first-order valence-corrected chi connectivity index (χ1v) is 12.8. The molecular weight excluding hydrogens is 442 g/mol. The lowest BCUT2D eigenvalue weighted by atomic mass is 9.50. The van der Waals surface area contributed by atoms with Gasteiger partial charge in [-0.3, -0.25) is 10.1 Å². The van der Waals surface area contributed by atoms with Gasteiger partial charge in [-0.15, -0.1) is 0 Å². The lowest BCUT2D eigenvalue weighted by Crippen LogP contribution is -2.71. The number of aliphatic hydroxyl groups is 1. The molecule has 2 saturated carbocycles. The molecule has 180 valence electrons. The van der Waals surface area contributed by atoms with E-state index < -0.39 is 22.6 Å². The number of carbonyl (C=O) groups is 2. The van der Waals surface area contributed by atoms with Gasteiger partial charge in [-0.1, -0.05) is 36.4 Å². The predicted molar refractivity (Wildman–Crippen MR) is 126 cm³/mol. The topological polar surface area (TPSA) is 87.7 Å². The van der Waals surface area contributed by atoms with Crippen LogP contribution in [0.15, 0.2) is 48.5 Å². The molecule has 3 amide bonds. The number of ether oxygens (including phenoxy) is 1. The lowest BCUT2D eigenvalue weighted by molar-refractivity contribution is -0.847. The number of hydrogen-bond donors (Lipinski definition) is 3. The van der Waals surface area contributed by atoms with E-state index >= 15 is 0 Å². The van der Waals surface area contributed by atoms with Crippen LogP contribution in [-0.4, -0.2) is 58.4 Å². The number of piperidine rings is 2. The highest BCUT2D eigenvalue weighted by Crippen LogP contribution is 2.82. The number of imide groups is 1. The summed E-state index contributed by atoms with van der Waals surface area (Å²) in [5, 5.41) is 18.5. The van der Waals surface area contributed by atoms with Crippen LogP contribution in [-0.2, 0) is 23.2 Å². The molecule has 2 aromatic carbocycles. The molecule has 0 aromatic heterocycles. The van der Waals surface area contributed by atoms with E-state index in [4.69, 9.17) is 4.74 Å². The highest BCUT2D eigenvalue weighted by molar-refractivity contribution is 6.07. The monoisotopic (exact) mass is 472 g/mol. The van der Waals surface area contributed by atoms with Crippen LogP contribution in [0.1, 0.15) is 36.0 Å². The van der Waals surface area contributed by atoms with Gasteiger partial charge in [0, 0.05) is 22.8 Å². The summed E-state index contributed by atoms with van der Waals surface area (Å²) in [5.41, 5.74) is 1.03. The zero-order valence-corrected chi connectivity index (χ0v) is 19.8. The van der Waals surface area contributed by atoms with Crippen LogP contribution in [0.2, 0.25) is 0 Å². The molecule has 0 radical (unpaired) electrons. The smallest absolute Gasteiger partial charge is 0.322 e. The Hall–Kier alpha value is -2.90. The van der Waals surface area contributed by atoms with Gasteiger partial charge < -0.3 is 19.6 Å². The van der Waals surface area contributed by atoms with Gasteiger partial charge in [0.05, 0.1) is 13.7 Å². The Morgan fingerprint density at radius 2 is 1.94 bits per heavy atom. The van der Waals surface area contributed by atoms with Crippen molar-refractivity contribution in [1.82, 2.24) is 10.6 Å². The first-order valence-electron chi connectivity index (χ1n) is 12.8. The van der Waals surface area contributed by atoms with Gasteiger partial charge in [-0.25, -0.2) is 4.79 Å². The van der Waals surface area contributed by atoms with Crippen molar-refractivity contribution in [3.63, 3.8) is 0 Å². The number of methoxy groups -OCH3 is 1. The lowest BCUT2D eigenvalue weighted by Gasteiger charge is -2.57. The molecule has 3 aliphatic heterocycles. The molecular formula is C28H30N3O4+. The summed E-state index contributed by atoms with van der Waals surface area (Å²) in [6.07, 6.45) is 2.38. The van der Waals surface area contributed by atoms with Gasteiger partial charge in [-0.05, 0) is 48.9 Å². The zero-order chi connectivity index (χ0) is 23.8. The Kier molecular flexibility index (Phi) is 3.42. The number of fused-ring (bicyclic) bond motifs is 1. The highest BCUT2D eigenvalue weighted by atomic mass is 16.5. The number of amides is 3. The average molecular weight is 473 g/mol. The highest BCUT2D eigenvalue weighted by Gasteiger charge is 2.98. The molecule has 6 aliphatic rings. The molecule has 7 nitrogen and oxygen atoms in total. The van der Waals surface area contributed by atoms with Crippen molar-refractivity contribution in [2.24, 2.45) is 11.8 Å². The molecule has 3 heterocycles. The predicted octanol–water partition coefficient (Wildman–Crippen LogP) is 2.01. The minimum atomic E-state index is -0.962. The van der Waals surface area contributed by atoms with E-state index in [9.17, 15) is 14.7 Å². The molecule has 7 atom stereocenters. The second-order valence-corrected chi connectivity index (χ2v) is 12.0. The Morgan fingerprint density at radius 1 is 1.11 bits per heavy atom. The van der Waals surface area contributed by atoms with Gasteiger partial charge in [0.25, 0.3) is 5.91 Å². The standard InChI is InChI=1S/C28H29N3O4/c1-35-19-8-7-18-11-21-22-14-31(13-17-5-3-2-4-6-17)16-27(21,31)28(34)10-9-25(23(32)29-24(33)30-25)15-26(22,28)20(18)12-19/h2-8,12,21-22,34H,9-11,13-16H2,1H3,(H-,29,30,32,33)/p+1/t21?,22?,25-,26+,27?,28-,31?/m0/s1. The van der Waals surface area contributed by atoms with Crippen molar-refractivity contribution in [1.29, 1.82) is 0 Å². The largest absolute Gasteiger partial charge is 0.497 e.